The second-order valence-electron chi connectivity index (χ2n) is 6.86. The average Bonchev–Trinajstić information content (AvgIpc) is 2.70. The van der Waals surface area contributed by atoms with Crippen molar-refractivity contribution in [3.05, 3.63) is 76.8 Å². The van der Waals surface area contributed by atoms with E-state index in [0.717, 1.165) is 51.0 Å². The Bertz CT molecular complexity index is 963. The first kappa shape index (κ1) is 20.0. The highest BCUT2D eigenvalue weighted by atomic mass is 35.5. The Morgan fingerprint density at radius 3 is 2.14 bits per heavy atom. The van der Waals surface area contributed by atoms with E-state index in [2.05, 4.69) is 37.0 Å². The number of benzene rings is 3. The van der Waals surface area contributed by atoms with Gasteiger partial charge in [-0.05, 0) is 79.4 Å². The third-order valence-electron chi connectivity index (χ3n) is 4.65. The SMILES string of the molecule is CCN(C)C=Nc1cc(C)c(Oc2ccc(-c3ccc(Cl)cc3)cc2)cc1C. The zero-order valence-electron chi connectivity index (χ0n) is 16.7. The molecule has 0 N–H and O–H groups in total. The molecule has 0 saturated heterocycles. The van der Waals surface area contributed by atoms with Gasteiger partial charge in [0, 0.05) is 18.6 Å². The van der Waals surface area contributed by atoms with E-state index in [4.69, 9.17) is 16.3 Å². The van der Waals surface area contributed by atoms with Crippen molar-refractivity contribution >= 4 is 23.6 Å². The molecule has 3 aromatic carbocycles. The van der Waals surface area contributed by atoms with Crippen LogP contribution in [0.4, 0.5) is 5.69 Å². The molecule has 0 aliphatic rings. The fraction of sp³-hybridized carbons (Fsp3) is 0.208. The first-order valence-corrected chi connectivity index (χ1v) is 9.73. The number of aryl methyl sites for hydroxylation is 2. The average molecular weight is 393 g/mol. The molecule has 0 heterocycles. The molecule has 4 heteroatoms. The molecule has 0 radical (unpaired) electrons. The van der Waals surface area contributed by atoms with Gasteiger partial charge in [-0.1, -0.05) is 35.9 Å². The Kier molecular flexibility index (Phi) is 6.37. The molecular weight excluding hydrogens is 368 g/mol. The van der Waals surface area contributed by atoms with Crippen LogP contribution in [0.15, 0.2) is 65.7 Å². The Morgan fingerprint density at radius 1 is 0.929 bits per heavy atom. The van der Waals surface area contributed by atoms with Crippen molar-refractivity contribution < 1.29 is 4.74 Å². The van der Waals surface area contributed by atoms with E-state index >= 15 is 0 Å². The molecule has 0 spiro atoms. The largest absolute Gasteiger partial charge is 0.457 e. The van der Waals surface area contributed by atoms with Crippen LogP contribution in [0, 0.1) is 13.8 Å². The molecule has 0 atom stereocenters. The van der Waals surface area contributed by atoms with Crippen molar-refractivity contribution in [1.82, 2.24) is 4.90 Å². The summed E-state index contributed by atoms with van der Waals surface area (Å²) in [6.45, 7) is 7.11. The van der Waals surface area contributed by atoms with E-state index in [1.165, 1.54) is 0 Å². The van der Waals surface area contributed by atoms with Gasteiger partial charge in [0.05, 0.1) is 12.0 Å². The smallest absolute Gasteiger partial charge is 0.130 e. The molecule has 0 amide bonds. The van der Waals surface area contributed by atoms with E-state index in [0.29, 0.717) is 0 Å². The van der Waals surface area contributed by atoms with Crippen LogP contribution < -0.4 is 4.74 Å². The van der Waals surface area contributed by atoms with Gasteiger partial charge in [-0.2, -0.15) is 0 Å². The maximum absolute atomic E-state index is 6.12. The minimum atomic E-state index is 0.740. The number of halogens is 1. The molecule has 28 heavy (non-hydrogen) atoms. The van der Waals surface area contributed by atoms with Crippen LogP contribution in [-0.2, 0) is 0 Å². The third kappa shape index (κ3) is 4.93. The molecule has 0 aromatic heterocycles. The maximum atomic E-state index is 6.12. The van der Waals surface area contributed by atoms with Crippen LogP contribution in [-0.4, -0.2) is 24.8 Å². The van der Waals surface area contributed by atoms with Gasteiger partial charge in [0.1, 0.15) is 11.5 Å². The number of hydrogen-bond donors (Lipinski definition) is 0. The predicted octanol–water partition coefficient (Wildman–Crippen LogP) is 7.03. The minimum absolute atomic E-state index is 0.740. The van der Waals surface area contributed by atoms with Crippen molar-refractivity contribution in [2.24, 2.45) is 4.99 Å². The lowest BCUT2D eigenvalue weighted by Gasteiger charge is -2.13. The molecule has 0 aliphatic carbocycles. The number of aliphatic imine (C=N–C) groups is 1. The summed E-state index contributed by atoms with van der Waals surface area (Å²) in [5.41, 5.74) is 5.35. The Morgan fingerprint density at radius 2 is 1.54 bits per heavy atom. The molecule has 0 bridgehead atoms. The molecule has 0 saturated carbocycles. The number of nitrogens with zero attached hydrogens (tertiary/aromatic N) is 2. The third-order valence-corrected chi connectivity index (χ3v) is 4.90. The summed E-state index contributed by atoms with van der Waals surface area (Å²) in [5.74, 6) is 1.65. The van der Waals surface area contributed by atoms with E-state index in [1.807, 2.05) is 67.7 Å². The van der Waals surface area contributed by atoms with Crippen molar-refractivity contribution in [2.45, 2.75) is 20.8 Å². The van der Waals surface area contributed by atoms with Gasteiger partial charge in [0.25, 0.3) is 0 Å². The summed E-state index contributed by atoms with van der Waals surface area (Å²) >= 11 is 5.96. The summed E-state index contributed by atoms with van der Waals surface area (Å²) in [7, 11) is 2.01. The number of hydrogen-bond acceptors (Lipinski definition) is 2. The van der Waals surface area contributed by atoms with Gasteiger partial charge >= 0.3 is 0 Å². The molecule has 3 nitrogen and oxygen atoms in total. The molecular formula is C24H25ClN2O. The zero-order valence-corrected chi connectivity index (χ0v) is 17.5. The summed E-state index contributed by atoms with van der Waals surface area (Å²) in [4.78, 5) is 6.62. The molecule has 0 aliphatic heterocycles. The van der Waals surface area contributed by atoms with Gasteiger partial charge in [-0.25, -0.2) is 4.99 Å². The van der Waals surface area contributed by atoms with Crippen LogP contribution in [0.2, 0.25) is 5.02 Å². The summed E-state index contributed by atoms with van der Waals surface area (Å²) < 4.78 is 6.12. The van der Waals surface area contributed by atoms with E-state index in [-0.39, 0.29) is 0 Å². The Labute approximate surface area is 172 Å². The van der Waals surface area contributed by atoms with Crippen molar-refractivity contribution in [3.63, 3.8) is 0 Å². The normalized spacial score (nSPS) is 11.0. The second kappa shape index (κ2) is 8.94. The minimum Gasteiger partial charge on any atom is -0.457 e. The van der Waals surface area contributed by atoms with Crippen molar-refractivity contribution in [2.75, 3.05) is 13.6 Å². The summed E-state index contributed by atoms with van der Waals surface area (Å²) in [6, 6.07) is 20.0. The summed E-state index contributed by atoms with van der Waals surface area (Å²) in [6.07, 6.45) is 1.86. The van der Waals surface area contributed by atoms with Gasteiger partial charge in [0.2, 0.25) is 0 Å². The highest BCUT2D eigenvalue weighted by Crippen LogP contribution is 2.32. The topological polar surface area (TPSA) is 24.8 Å². The van der Waals surface area contributed by atoms with Gasteiger partial charge in [-0.3, -0.25) is 0 Å². The van der Waals surface area contributed by atoms with Crippen LogP contribution in [0.5, 0.6) is 11.5 Å². The fourth-order valence-electron chi connectivity index (χ4n) is 2.75. The number of rotatable bonds is 6. The predicted molar refractivity (Wildman–Crippen MR) is 119 cm³/mol. The molecule has 0 fully saturated rings. The lowest BCUT2D eigenvalue weighted by atomic mass is 10.1. The van der Waals surface area contributed by atoms with Crippen LogP contribution in [0.3, 0.4) is 0 Å². The van der Waals surface area contributed by atoms with Gasteiger partial charge < -0.3 is 9.64 Å². The van der Waals surface area contributed by atoms with E-state index in [9.17, 15) is 0 Å². The first-order chi connectivity index (χ1) is 13.5. The van der Waals surface area contributed by atoms with Gasteiger partial charge in [0.15, 0.2) is 0 Å². The quantitative estimate of drug-likeness (QED) is 0.332. The monoisotopic (exact) mass is 392 g/mol. The second-order valence-corrected chi connectivity index (χ2v) is 7.29. The standard InChI is InChI=1S/C24H25ClN2O/c1-5-27(4)16-26-23-14-18(3)24(15-17(23)2)28-22-12-8-20(9-13-22)19-6-10-21(25)11-7-19/h6-16H,5H2,1-4H3. The maximum Gasteiger partial charge on any atom is 0.130 e. The van der Waals surface area contributed by atoms with Crippen LogP contribution in [0.25, 0.3) is 11.1 Å². The van der Waals surface area contributed by atoms with Crippen molar-refractivity contribution in [1.29, 1.82) is 0 Å². The van der Waals surface area contributed by atoms with Crippen LogP contribution >= 0.6 is 11.6 Å². The zero-order chi connectivity index (χ0) is 20.1. The van der Waals surface area contributed by atoms with Crippen molar-refractivity contribution in [3.8, 4) is 22.6 Å². The highest BCUT2D eigenvalue weighted by molar-refractivity contribution is 6.30. The van der Waals surface area contributed by atoms with Crippen LogP contribution in [0.1, 0.15) is 18.1 Å². The Hall–Kier alpha value is -2.78. The fourth-order valence-corrected chi connectivity index (χ4v) is 2.88. The number of ether oxygens (including phenoxy) is 1. The van der Waals surface area contributed by atoms with E-state index in [1.54, 1.807) is 0 Å². The first-order valence-electron chi connectivity index (χ1n) is 9.36. The Balaban J connectivity index is 1.77. The molecule has 3 rings (SSSR count). The van der Waals surface area contributed by atoms with Gasteiger partial charge in [-0.15, -0.1) is 0 Å². The molecule has 3 aromatic rings. The van der Waals surface area contributed by atoms with E-state index < -0.39 is 0 Å². The summed E-state index contributed by atoms with van der Waals surface area (Å²) in [5, 5.41) is 0.740. The lowest BCUT2D eigenvalue weighted by Crippen LogP contribution is -2.14. The highest BCUT2D eigenvalue weighted by Gasteiger charge is 2.07. The molecule has 0 unspecified atom stereocenters. The molecule has 144 valence electrons. The lowest BCUT2D eigenvalue weighted by molar-refractivity contribution is 0.478.